The molecular formula is C26H19N3O7. The number of anilines is 1. The molecule has 1 aliphatic rings. The molecule has 5 rings (SSSR count). The summed E-state index contributed by atoms with van der Waals surface area (Å²) in [5.74, 6) is -1.92. The number of barbiturate groups is 1. The highest BCUT2D eigenvalue weighted by atomic mass is 16.5. The van der Waals surface area contributed by atoms with Crippen LogP contribution in [0.25, 0.3) is 17.0 Å². The number of hydrogen-bond acceptors (Lipinski definition) is 6. The molecule has 4 aromatic rings. The average molecular weight is 485 g/mol. The van der Waals surface area contributed by atoms with E-state index in [1.165, 1.54) is 19.3 Å². The number of ether oxygens (including phenoxy) is 1. The normalized spacial score (nSPS) is 15.0. The minimum Gasteiger partial charge on any atom is -0.497 e. The lowest BCUT2D eigenvalue weighted by atomic mass is 10.1. The number of hydrogen-bond donors (Lipinski definition) is 2. The number of rotatable bonds is 6. The number of nitrogens with one attached hydrogen (secondary N) is 1. The number of aromatic carboxylic acids is 1. The number of aromatic nitrogens is 1. The number of carbonyl (C=O) groups excluding carboxylic acids is 3. The van der Waals surface area contributed by atoms with Crippen LogP contribution < -0.4 is 15.0 Å². The fourth-order valence-electron chi connectivity index (χ4n) is 4.05. The second-order valence-corrected chi connectivity index (χ2v) is 7.96. The predicted molar refractivity (Wildman–Crippen MR) is 129 cm³/mol. The highest BCUT2D eigenvalue weighted by Gasteiger charge is 2.37. The van der Waals surface area contributed by atoms with Crippen LogP contribution in [0.4, 0.5) is 10.5 Å². The van der Waals surface area contributed by atoms with E-state index in [2.05, 4.69) is 5.32 Å². The number of carbonyl (C=O) groups is 4. The molecule has 0 saturated carbocycles. The van der Waals surface area contributed by atoms with Crippen LogP contribution in [0.2, 0.25) is 0 Å². The lowest BCUT2D eigenvalue weighted by Crippen LogP contribution is -2.54. The van der Waals surface area contributed by atoms with Crippen molar-refractivity contribution in [3.63, 3.8) is 0 Å². The van der Waals surface area contributed by atoms with Crippen LogP contribution in [0.5, 0.6) is 5.75 Å². The molecule has 10 heteroatoms. The first-order chi connectivity index (χ1) is 17.4. The van der Waals surface area contributed by atoms with E-state index in [1.807, 2.05) is 28.8 Å². The fraction of sp³-hybridized carbons (Fsp3) is 0.0769. The van der Waals surface area contributed by atoms with Crippen LogP contribution in [-0.2, 0) is 16.1 Å². The molecule has 36 heavy (non-hydrogen) atoms. The molecule has 1 fully saturated rings. The number of amides is 4. The zero-order valence-corrected chi connectivity index (χ0v) is 18.9. The average Bonchev–Trinajstić information content (AvgIpc) is 3.48. The highest BCUT2D eigenvalue weighted by Crippen LogP contribution is 2.28. The smallest absolute Gasteiger partial charge is 0.371 e. The summed E-state index contributed by atoms with van der Waals surface area (Å²) in [6, 6.07) is 15.8. The second-order valence-electron chi connectivity index (χ2n) is 7.96. The Bertz CT molecular complexity index is 1560. The van der Waals surface area contributed by atoms with E-state index in [-0.39, 0.29) is 23.6 Å². The number of benzene rings is 2. The summed E-state index contributed by atoms with van der Waals surface area (Å²) in [7, 11) is 1.50. The molecule has 1 saturated heterocycles. The zero-order chi connectivity index (χ0) is 25.4. The Morgan fingerprint density at radius 3 is 2.50 bits per heavy atom. The molecule has 0 bridgehead atoms. The minimum atomic E-state index is -1.16. The number of imide groups is 2. The largest absolute Gasteiger partial charge is 0.497 e. The van der Waals surface area contributed by atoms with E-state index < -0.39 is 23.8 Å². The van der Waals surface area contributed by atoms with Gasteiger partial charge in [0.1, 0.15) is 17.1 Å². The Labute approximate surface area is 204 Å². The van der Waals surface area contributed by atoms with E-state index in [0.29, 0.717) is 17.1 Å². The fourth-order valence-corrected chi connectivity index (χ4v) is 4.05. The van der Waals surface area contributed by atoms with Crippen molar-refractivity contribution in [1.29, 1.82) is 0 Å². The topological polar surface area (TPSA) is 131 Å². The van der Waals surface area contributed by atoms with E-state index in [1.54, 1.807) is 36.5 Å². The zero-order valence-electron chi connectivity index (χ0n) is 18.9. The number of furan rings is 1. The lowest BCUT2D eigenvalue weighted by molar-refractivity contribution is -0.122. The SMILES string of the molecule is COc1ccc(N2C(=O)NC(=O)/C(=C/c3cn(Cc4ccc(C(=O)O)o4)c4ccccc34)C2=O)cc1. The van der Waals surface area contributed by atoms with Gasteiger partial charge in [0.05, 0.1) is 19.3 Å². The van der Waals surface area contributed by atoms with Crippen molar-refractivity contribution >= 4 is 46.5 Å². The van der Waals surface area contributed by atoms with Crippen molar-refractivity contribution in [2.24, 2.45) is 0 Å². The van der Waals surface area contributed by atoms with Crippen LogP contribution in [0.1, 0.15) is 21.9 Å². The Morgan fingerprint density at radius 1 is 1.06 bits per heavy atom. The van der Waals surface area contributed by atoms with Crippen molar-refractivity contribution in [3.05, 3.63) is 89.5 Å². The van der Waals surface area contributed by atoms with Gasteiger partial charge in [0.15, 0.2) is 0 Å². The van der Waals surface area contributed by atoms with Crippen molar-refractivity contribution < 1.29 is 33.4 Å². The monoisotopic (exact) mass is 485 g/mol. The van der Waals surface area contributed by atoms with Gasteiger partial charge in [-0.2, -0.15) is 0 Å². The van der Waals surface area contributed by atoms with Crippen LogP contribution in [-0.4, -0.2) is 40.6 Å². The molecule has 4 amide bonds. The summed E-state index contributed by atoms with van der Waals surface area (Å²) in [5, 5.41) is 12.1. The molecule has 1 aliphatic heterocycles. The molecule has 180 valence electrons. The molecule has 0 atom stereocenters. The lowest BCUT2D eigenvalue weighted by Gasteiger charge is -2.26. The van der Waals surface area contributed by atoms with Crippen molar-refractivity contribution in [3.8, 4) is 5.75 Å². The van der Waals surface area contributed by atoms with Crippen LogP contribution >= 0.6 is 0 Å². The highest BCUT2D eigenvalue weighted by molar-refractivity contribution is 6.39. The van der Waals surface area contributed by atoms with Crippen molar-refractivity contribution in [2.75, 3.05) is 12.0 Å². The summed E-state index contributed by atoms with van der Waals surface area (Å²) >= 11 is 0. The van der Waals surface area contributed by atoms with E-state index in [4.69, 9.17) is 14.3 Å². The van der Waals surface area contributed by atoms with Gasteiger partial charge in [0.25, 0.3) is 11.8 Å². The Kier molecular flexibility index (Phi) is 5.61. The number of carboxylic acid groups (broad SMARTS) is 1. The molecule has 0 unspecified atom stereocenters. The maximum absolute atomic E-state index is 13.3. The van der Waals surface area contributed by atoms with E-state index in [9.17, 15) is 19.2 Å². The molecule has 0 spiro atoms. The quantitative estimate of drug-likeness (QED) is 0.315. The molecule has 0 aliphatic carbocycles. The molecule has 10 nitrogen and oxygen atoms in total. The molecule has 0 radical (unpaired) electrons. The minimum absolute atomic E-state index is 0.170. The number of methoxy groups -OCH3 is 1. The predicted octanol–water partition coefficient (Wildman–Crippen LogP) is 3.66. The number of nitrogens with zero attached hydrogens (tertiary/aromatic N) is 2. The summed E-state index contributed by atoms with van der Waals surface area (Å²) < 4.78 is 12.3. The van der Waals surface area contributed by atoms with Gasteiger partial charge in [-0.15, -0.1) is 0 Å². The first-order valence-electron chi connectivity index (χ1n) is 10.8. The van der Waals surface area contributed by atoms with Crippen LogP contribution in [0.15, 0.2) is 76.9 Å². The third-order valence-corrected chi connectivity index (χ3v) is 5.75. The van der Waals surface area contributed by atoms with E-state index in [0.717, 1.165) is 15.8 Å². The first kappa shape index (κ1) is 22.7. The van der Waals surface area contributed by atoms with Gasteiger partial charge in [0, 0.05) is 22.7 Å². The van der Waals surface area contributed by atoms with Gasteiger partial charge in [-0.1, -0.05) is 18.2 Å². The van der Waals surface area contributed by atoms with Gasteiger partial charge in [-0.05, 0) is 48.5 Å². The third-order valence-electron chi connectivity index (χ3n) is 5.75. The molecule has 2 aromatic heterocycles. The molecule has 2 aromatic carbocycles. The number of para-hydroxylation sites is 1. The van der Waals surface area contributed by atoms with E-state index >= 15 is 0 Å². The van der Waals surface area contributed by atoms with Gasteiger partial charge in [-0.3, -0.25) is 14.9 Å². The van der Waals surface area contributed by atoms with Gasteiger partial charge < -0.3 is 18.8 Å². The van der Waals surface area contributed by atoms with Gasteiger partial charge in [0.2, 0.25) is 5.76 Å². The molecule has 2 N–H and O–H groups in total. The third kappa shape index (κ3) is 4.00. The Hall–Kier alpha value is -5.12. The van der Waals surface area contributed by atoms with Crippen molar-refractivity contribution in [1.82, 2.24) is 9.88 Å². The summed E-state index contributed by atoms with van der Waals surface area (Å²) in [6.45, 7) is 0.230. The van der Waals surface area contributed by atoms with Crippen LogP contribution in [0, 0.1) is 0 Å². The van der Waals surface area contributed by atoms with Crippen LogP contribution in [0.3, 0.4) is 0 Å². The van der Waals surface area contributed by atoms with Gasteiger partial charge in [-0.25, -0.2) is 14.5 Å². The standard InChI is InChI=1S/C26H19N3O7/c1-35-17-8-6-16(7-9-17)29-24(31)20(23(30)27-26(29)34)12-15-13-28(21-5-3-2-4-19(15)21)14-18-10-11-22(36-18)25(32)33/h2-13H,14H2,1H3,(H,32,33)(H,27,30,34)/b20-12-. The maximum atomic E-state index is 13.3. The Balaban J connectivity index is 1.53. The number of urea groups is 1. The molecule has 3 heterocycles. The van der Waals surface area contributed by atoms with Gasteiger partial charge >= 0.3 is 12.0 Å². The maximum Gasteiger partial charge on any atom is 0.371 e. The summed E-state index contributed by atoms with van der Waals surface area (Å²) in [4.78, 5) is 50.5. The van der Waals surface area contributed by atoms with Crippen molar-refractivity contribution in [2.45, 2.75) is 6.54 Å². The number of carboxylic acids is 1. The molecular weight excluding hydrogens is 466 g/mol. The first-order valence-corrected chi connectivity index (χ1v) is 10.8. The number of fused-ring (bicyclic) bond motifs is 1. The Morgan fingerprint density at radius 2 is 1.81 bits per heavy atom. The summed E-state index contributed by atoms with van der Waals surface area (Å²) in [5.41, 5.74) is 1.42. The second kappa shape index (κ2) is 8.91. The summed E-state index contributed by atoms with van der Waals surface area (Å²) in [6.07, 6.45) is 3.17.